The van der Waals surface area contributed by atoms with E-state index in [4.69, 9.17) is 0 Å². The number of allylic oxidation sites excluding steroid dienone is 2. The van der Waals surface area contributed by atoms with Crippen LogP contribution in [0.5, 0.6) is 0 Å². The second kappa shape index (κ2) is 7.50. The molecule has 0 heterocycles. The molecular weight excluding hydrogens is 301 g/mol. The number of hydrogen-bond donors (Lipinski definition) is 0. The number of rotatable bonds is 5. The Bertz CT molecular complexity index is 607. The van der Waals surface area contributed by atoms with E-state index in [0.29, 0.717) is 18.3 Å². The van der Waals surface area contributed by atoms with E-state index >= 15 is 0 Å². The predicted molar refractivity (Wildman–Crippen MR) is 95.2 cm³/mol. The molecule has 1 fully saturated rings. The molecule has 2 nitrogen and oxygen atoms in total. The molecule has 1 aromatic rings. The molecule has 2 aliphatic carbocycles. The zero-order chi connectivity index (χ0) is 17.1. The van der Waals surface area contributed by atoms with Crippen LogP contribution in [0.15, 0.2) is 36.0 Å². The van der Waals surface area contributed by atoms with Gasteiger partial charge in [-0.05, 0) is 61.1 Å². The van der Waals surface area contributed by atoms with Crippen molar-refractivity contribution in [3.63, 3.8) is 0 Å². The maximum atomic E-state index is 13.2. The van der Waals surface area contributed by atoms with Gasteiger partial charge in [-0.15, -0.1) is 0 Å². The molecule has 0 spiro atoms. The van der Waals surface area contributed by atoms with E-state index in [1.807, 2.05) is 18.2 Å². The Balaban J connectivity index is 1.67. The molecule has 0 aromatic heterocycles. The third-order valence-corrected chi connectivity index (χ3v) is 5.80. The van der Waals surface area contributed by atoms with Crippen LogP contribution in [0.1, 0.15) is 56.9 Å². The molecule has 3 rings (SSSR count). The Labute approximate surface area is 144 Å². The third kappa shape index (κ3) is 4.06. The molecule has 3 atom stereocenters. The largest absolute Gasteiger partial charge is 0.377 e. The van der Waals surface area contributed by atoms with Crippen molar-refractivity contribution in [1.29, 1.82) is 0 Å². The summed E-state index contributed by atoms with van der Waals surface area (Å²) in [5.74, 6) is 2.01. The second-order valence-electron chi connectivity index (χ2n) is 7.58. The molecule has 0 radical (unpaired) electrons. The lowest BCUT2D eigenvalue weighted by atomic mass is 9.71. The first-order chi connectivity index (χ1) is 11.5. The standard InChI is InChI=1S/C21H28FNO/c1-3-15-10-16(14-23(2)20-8-9-21(24)13-20)12-18(11-15)17-4-6-19(22)7-5-17/h4-7,13,15-16,18H,3,8-12,14H2,1-2H3. The van der Waals surface area contributed by atoms with Crippen LogP contribution < -0.4 is 0 Å². The molecule has 0 saturated heterocycles. The van der Waals surface area contributed by atoms with Gasteiger partial charge in [-0.1, -0.05) is 25.5 Å². The highest BCUT2D eigenvalue weighted by atomic mass is 19.1. The Morgan fingerprint density at radius 2 is 1.79 bits per heavy atom. The third-order valence-electron chi connectivity index (χ3n) is 5.80. The van der Waals surface area contributed by atoms with Crippen molar-refractivity contribution in [2.24, 2.45) is 11.8 Å². The number of nitrogens with zero attached hydrogens (tertiary/aromatic N) is 1. The zero-order valence-corrected chi connectivity index (χ0v) is 14.8. The van der Waals surface area contributed by atoms with Gasteiger partial charge in [-0.2, -0.15) is 0 Å². The summed E-state index contributed by atoms with van der Waals surface area (Å²) in [6.45, 7) is 3.30. The van der Waals surface area contributed by atoms with E-state index in [-0.39, 0.29) is 11.6 Å². The predicted octanol–water partition coefficient (Wildman–Crippen LogP) is 4.91. The van der Waals surface area contributed by atoms with E-state index in [2.05, 4.69) is 18.9 Å². The van der Waals surface area contributed by atoms with Crippen molar-refractivity contribution >= 4 is 5.78 Å². The molecule has 24 heavy (non-hydrogen) atoms. The van der Waals surface area contributed by atoms with Crippen LogP contribution in [0.25, 0.3) is 0 Å². The van der Waals surface area contributed by atoms with Crippen LogP contribution in [0.3, 0.4) is 0 Å². The molecule has 2 aliphatic rings. The van der Waals surface area contributed by atoms with Gasteiger partial charge in [0.1, 0.15) is 5.82 Å². The summed E-state index contributed by atoms with van der Waals surface area (Å²) >= 11 is 0. The van der Waals surface area contributed by atoms with E-state index in [1.54, 1.807) is 12.1 Å². The van der Waals surface area contributed by atoms with Crippen molar-refractivity contribution in [1.82, 2.24) is 4.90 Å². The fourth-order valence-corrected chi connectivity index (χ4v) is 4.44. The molecule has 0 N–H and O–H groups in total. The summed E-state index contributed by atoms with van der Waals surface area (Å²) in [5, 5.41) is 0. The number of halogens is 1. The van der Waals surface area contributed by atoms with Gasteiger partial charge >= 0.3 is 0 Å². The first-order valence-electron chi connectivity index (χ1n) is 9.25. The Morgan fingerprint density at radius 3 is 2.42 bits per heavy atom. The lowest BCUT2D eigenvalue weighted by Crippen LogP contribution is -2.31. The summed E-state index contributed by atoms with van der Waals surface area (Å²) in [6.07, 6.45) is 8.22. The van der Waals surface area contributed by atoms with Gasteiger partial charge in [-0.3, -0.25) is 4.79 Å². The minimum Gasteiger partial charge on any atom is -0.377 e. The smallest absolute Gasteiger partial charge is 0.157 e. The van der Waals surface area contributed by atoms with Crippen LogP contribution in [0, 0.1) is 17.7 Å². The number of benzene rings is 1. The lowest BCUT2D eigenvalue weighted by Gasteiger charge is -2.37. The van der Waals surface area contributed by atoms with E-state index < -0.39 is 0 Å². The number of hydrogen-bond acceptors (Lipinski definition) is 2. The monoisotopic (exact) mass is 329 g/mol. The highest BCUT2D eigenvalue weighted by molar-refractivity contribution is 5.92. The first kappa shape index (κ1) is 17.2. The maximum Gasteiger partial charge on any atom is 0.157 e. The quantitative estimate of drug-likeness (QED) is 0.764. The number of carbonyl (C=O) groups excluding carboxylic acids is 1. The molecule has 0 bridgehead atoms. The fraction of sp³-hybridized carbons (Fsp3) is 0.571. The van der Waals surface area contributed by atoms with Gasteiger partial charge < -0.3 is 4.90 Å². The van der Waals surface area contributed by atoms with Crippen molar-refractivity contribution in [2.75, 3.05) is 13.6 Å². The van der Waals surface area contributed by atoms with Crippen molar-refractivity contribution in [3.05, 3.63) is 47.4 Å². The van der Waals surface area contributed by atoms with Crippen LogP contribution in [-0.2, 0) is 4.79 Å². The molecular formula is C21H28FNO. The minimum atomic E-state index is -0.157. The number of ketones is 1. The molecule has 0 amide bonds. The van der Waals surface area contributed by atoms with E-state index in [9.17, 15) is 9.18 Å². The van der Waals surface area contributed by atoms with E-state index in [1.165, 1.54) is 30.5 Å². The Kier molecular flexibility index (Phi) is 5.37. The number of carbonyl (C=O) groups is 1. The topological polar surface area (TPSA) is 20.3 Å². The van der Waals surface area contributed by atoms with Crippen molar-refractivity contribution in [2.45, 2.75) is 51.4 Å². The van der Waals surface area contributed by atoms with Crippen LogP contribution in [0.2, 0.25) is 0 Å². The normalized spacial score (nSPS) is 27.2. The molecule has 0 aliphatic heterocycles. The SMILES string of the molecule is CCC1CC(CN(C)C2=CC(=O)CC2)CC(c2ccc(F)cc2)C1. The van der Waals surface area contributed by atoms with Gasteiger partial charge in [0.15, 0.2) is 5.78 Å². The average Bonchev–Trinajstić information content (AvgIpc) is 3.02. The summed E-state index contributed by atoms with van der Waals surface area (Å²) in [5.41, 5.74) is 2.47. The van der Waals surface area contributed by atoms with E-state index in [0.717, 1.165) is 25.3 Å². The van der Waals surface area contributed by atoms with Crippen molar-refractivity contribution < 1.29 is 9.18 Å². The van der Waals surface area contributed by atoms with Crippen LogP contribution in [0.4, 0.5) is 4.39 Å². The summed E-state index contributed by atoms with van der Waals surface area (Å²) in [4.78, 5) is 13.8. The van der Waals surface area contributed by atoms with Crippen LogP contribution in [-0.4, -0.2) is 24.3 Å². The Hall–Kier alpha value is -1.64. The average molecular weight is 329 g/mol. The molecule has 3 heteroatoms. The van der Waals surface area contributed by atoms with Crippen LogP contribution >= 0.6 is 0 Å². The Morgan fingerprint density at radius 1 is 1.08 bits per heavy atom. The van der Waals surface area contributed by atoms with Gasteiger partial charge in [0.2, 0.25) is 0 Å². The second-order valence-corrected chi connectivity index (χ2v) is 7.58. The molecule has 130 valence electrons. The minimum absolute atomic E-state index is 0.157. The molecule has 1 aromatic carbocycles. The highest BCUT2D eigenvalue weighted by Gasteiger charge is 2.30. The molecule has 3 unspecified atom stereocenters. The van der Waals surface area contributed by atoms with Crippen molar-refractivity contribution in [3.8, 4) is 0 Å². The maximum absolute atomic E-state index is 13.2. The molecule has 1 saturated carbocycles. The zero-order valence-electron chi connectivity index (χ0n) is 14.8. The summed E-state index contributed by atoms with van der Waals surface area (Å²) in [6, 6.07) is 7.08. The highest BCUT2D eigenvalue weighted by Crippen LogP contribution is 2.41. The van der Waals surface area contributed by atoms with Gasteiger partial charge in [-0.25, -0.2) is 4.39 Å². The van der Waals surface area contributed by atoms with Gasteiger partial charge in [0.05, 0.1) is 0 Å². The summed E-state index contributed by atoms with van der Waals surface area (Å²) < 4.78 is 13.2. The summed E-state index contributed by atoms with van der Waals surface area (Å²) in [7, 11) is 2.12. The lowest BCUT2D eigenvalue weighted by molar-refractivity contribution is -0.114. The fourth-order valence-electron chi connectivity index (χ4n) is 4.44. The van der Waals surface area contributed by atoms with Gasteiger partial charge in [0, 0.05) is 31.8 Å². The van der Waals surface area contributed by atoms with Gasteiger partial charge in [0.25, 0.3) is 0 Å². The first-order valence-corrected chi connectivity index (χ1v) is 9.25.